The second-order valence-electron chi connectivity index (χ2n) is 5.17. The minimum atomic E-state index is 0.989. The standard InChI is InChI=1S/C19H14BrN/c20-14-10-12-15(13-11-14)21-18-8-3-1-2-6-16(18)17-7-4-5-9-19(17)21/h2-13H,1H2. The molecule has 0 bridgehead atoms. The van der Waals surface area contributed by atoms with E-state index in [9.17, 15) is 0 Å². The van der Waals surface area contributed by atoms with Crippen LogP contribution >= 0.6 is 15.9 Å². The SMILES string of the molecule is Brc1ccc(-n2c3c(c4ccccc42)C=CCC=C3)cc1. The maximum atomic E-state index is 3.51. The highest BCUT2D eigenvalue weighted by Crippen LogP contribution is 2.33. The molecule has 0 spiro atoms. The molecule has 21 heavy (non-hydrogen) atoms. The van der Waals surface area contributed by atoms with Crippen molar-refractivity contribution in [1.29, 1.82) is 0 Å². The van der Waals surface area contributed by atoms with Crippen LogP contribution in [0.3, 0.4) is 0 Å². The van der Waals surface area contributed by atoms with Gasteiger partial charge in [0, 0.05) is 21.1 Å². The van der Waals surface area contributed by atoms with Crippen LogP contribution in [-0.2, 0) is 0 Å². The first kappa shape index (κ1) is 12.7. The topological polar surface area (TPSA) is 4.93 Å². The van der Waals surface area contributed by atoms with Gasteiger partial charge >= 0.3 is 0 Å². The summed E-state index contributed by atoms with van der Waals surface area (Å²) in [6, 6.07) is 17.1. The van der Waals surface area contributed by atoms with Gasteiger partial charge < -0.3 is 4.57 Å². The molecular formula is C19H14BrN. The Bertz CT molecular complexity index is 866. The lowest BCUT2D eigenvalue weighted by atomic mass is 10.1. The molecule has 0 N–H and O–H groups in total. The third-order valence-corrected chi connectivity index (χ3v) is 4.40. The summed E-state index contributed by atoms with van der Waals surface area (Å²) in [5, 5.41) is 1.30. The average molecular weight is 336 g/mol. The predicted molar refractivity (Wildman–Crippen MR) is 93.7 cm³/mol. The van der Waals surface area contributed by atoms with E-state index >= 15 is 0 Å². The molecule has 1 heterocycles. The highest BCUT2D eigenvalue weighted by atomic mass is 79.9. The van der Waals surface area contributed by atoms with E-state index in [0.717, 1.165) is 10.9 Å². The molecule has 102 valence electrons. The molecule has 0 unspecified atom stereocenters. The predicted octanol–water partition coefficient (Wildman–Crippen LogP) is 5.82. The van der Waals surface area contributed by atoms with Gasteiger partial charge in [0.25, 0.3) is 0 Å². The number of fused-ring (bicyclic) bond motifs is 3. The number of hydrogen-bond donors (Lipinski definition) is 0. The number of halogens is 1. The molecule has 2 heteroatoms. The quantitative estimate of drug-likeness (QED) is 0.527. The first-order valence-corrected chi connectivity index (χ1v) is 7.86. The van der Waals surface area contributed by atoms with Gasteiger partial charge in [-0.25, -0.2) is 0 Å². The van der Waals surface area contributed by atoms with Gasteiger partial charge in [0.15, 0.2) is 0 Å². The van der Waals surface area contributed by atoms with Gasteiger partial charge in [-0.2, -0.15) is 0 Å². The number of hydrogen-bond acceptors (Lipinski definition) is 0. The summed E-state index contributed by atoms with van der Waals surface area (Å²) in [5.41, 5.74) is 5.01. The number of para-hydroxylation sites is 1. The van der Waals surface area contributed by atoms with Crippen molar-refractivity contribution in [2.45, 2.75) is 6.42 Å². The highest BCUT2D eigenvalue weighted by Gasteiger charge is 2.15. The van der Waals surface area contributed by atoms with Gasteiger partial charge in [-0.05, 0) is 42.8 Å². The summed E-state index contributed by atoms with van der Waals surface area (Å²) in [6.45, 7) is 0. The Morgan fingerprint density at radius 3 is 2.48 bits per heavy atom. The summed E-state index contributed by atoms with van der Waals surface area (Å²) < 4.78 is 3.44. The van der Waals surface area contributed by atoms with Crippen LogP contribution < -0.4 is 0 Å². The molecule has 0 saturated heterocycles. The van der Waals surface area contributed by atoms with Crippen LogP contribution in [0, 0.1) is 0 Å². The first-order chi connectivity index (χ1) is 10.3. The molecular weight excluding hydrogens is 322 g/mol. The Hall–Kier alpha value is -2.06. The van der Waals surface area contributed by atoms with Crippen LogP contribution in [0.2, 0.25) is 0 Å². The van der Waals surface area contributed by atoms with E-state index in [0.29, 0.717) is 0 Å². The van der Waals surface area contributed by atoms with Gasteiger partial charge in [0.1, 0.15) is 0 Å². The van der Waals surface area contributed by atoms with Crippen molar-refractivity contribution in [2.24, 2.45) is 0 Å². The Kier molecular flexibility index (Phi) is 3.04. The van der Waals surface area contributed by atoms with Gasteiger partial charge in [-0.1, -0.05) is 52.4 Å². The van der Waals surface area contributed by atoms with Gasteiger partial charge in [0.2, 0.25) is 0 Å². The molecule has 1 aromatic heterocycles. The molecule has 0 amide bonds. The largest absolute Gasteiger partial charge is 0.309 e. The third kappa shape index (κ3) is 2.07. The van der Waals surface area contributed by atoms with Gasteiger partial charge in [-0.15, -0.1) is 0 Å². The van der Waals surface area contributed by atoms with E-state index in [2.05, 4.69) is 93.3 Å². The fraction of sp³-hybridized carbons (Fsp3) is 0.0526. The molecule has 2 aromatic carbocycles. The van der Waals surface area contributed by atoms with Crippen molar-refractivity contribution in [1.82, 2.24) is 4.57 Å². The lowest BCUT2D eigenvalue weighted by Crippen LogP contribution is -1.96. The van der Waals surface area contributed by atoms with Crippen LogP contribution in [-0.4, -0.2) is 4.57 Å². The van der Waals surface area contributed by atoms with E-state index in [4.69, 9.17) is 0 Å². The molecule has 0 saturated carbocycles. The maximum Gasteiger partial charge on any atom is 0.0541 e. The van der Waals surface area contributed by atoms with Crippen LogP contribution in [0.15, 0.2) is 65.2 Å². The zero-order valence-electron chi connectivity index (χ0n) is 11.5. The van der Waals surface area contributed by atoms with Crippen molar-refractivity contribution >= 4 is 39.0 Å². The smallest absolute Gasteiger partial charge is 0.0541 e. The number of nitrogens with zero attached hydrogens (tertiary/aromatic N) is 1. The van der Waals surface area contributed by atoms with Crippen molar-refractivity contribution in [3.63, 3.8) is 0 Å². The summed E-state index contributed by atoms with van der Waals surface area (Å²) >= 11 is 3.51. The summed E-state index contributed by atoms with van der Waals surface area (Å²) in [6.07, 6.45) is 9.91. The zero-order chi connectivity index (χ0) is 14.2. The Labute approximate surface area is 132 Å². The van der Waals surface area contributed by atoms with Crippen LogP contribution in [0.25, 0.3) is 28.7 Å². The summed E-state index contributed by atoms with van der Waals surface area (Å²) in [5.74, 6) is 0. The van der Waals surface area contributed by atoms with Crippen LogP contribution in [0.4, 0.5) is 0 Å². The minimum Gasteiger partial charge on any atom is -0.309 e. The van der Waals surface area contributed by atoms with E-state index in [1.165, 1.54) is 27.8 Å². The highest BCUT2D eigenvalue weighted by molar-refractivity contribution is 9.10. The minimum absolute atomic E-state index is 0.989. The number of allylic oxidation sites excluding steroid dienone is 2. The number of aromatic nitrogens is 1. The Balaban J connectivity index is 2.10. The lowest BCUT2D eigenvalue weighted by molar-refractivity contribution is 1.10. The Morgan fingerprint density at radius 2 is 1.62 bits per heavy atom. The third-order valence-electron chi connectivity index (χ3n) is 3.87. The van der Waals surface area contributed by atoms with Gasteiger partial charge in [0.05, 0.1) is 11.2 Å². The monoisotopic (exact) mass is 335 g/mol. The van der Waals surface area contributed by atoms with Crippen molar-refractivity contribution < 1.29 is 0 Å². The molecule has 0 atom stereocenters. The average Bonchev–Trinajstić information content (AvgIpc) is 2.67. The fourth-order valence-corrected chi connectivity index (χ4v) is 3.20. The number of rotatable bonds is 1. The molecule has 3 aromatic rings. The molecule has 1 aliphatic rings. The lowest BCUT2D eigenvalue weighted by Gasteiger charge is -2.09. The van der Waals surface area contributed by atoms with Crippen molar-refractivity contribution in [3.05, 3.63) is 76.4 Å². The molecule has 0 aliphatic heterocycles. The maximum absolute atomic E-state index is 3.51. The number of benzene rings is 2. The summed E-state index contributed by atoms with van der Waals surface area (Å²) in [7, 11) is 0. The van der Waals surface area contributed by atoms with Crippen molar-refractivity contribution in [2.75, 3.05) is 0 Å². The van der Waals surface area contributed by atoms with Crippen molar-refractivity contribution in [3.8, 4) is 5.69 Å². The second-order valence-corrected chi connectivity index (χ2v) is 6.08. The van der Waals surface area contributed by atoms with E-state index < -0.39 is 0 Å². The second kappa shape index (κ2) is 5.05. The normalized spacial score (nSPS) is 13.4. The molecule has 4 rings (SSSR count). The first-order valence-electron chi connectivity index (χ1n) is 7.07. The molecule has 1 aliphatic carbocycles. The van der Waals surface area contributed by atoms with E-state index in [1.807, 2.05) is 0 Å². The molecule has 0 fully saturated rings. The molecule has 1 nitrogen and oxygen atoms in total. The van der Waals surface area contributed by atoms with E-state index in [-0.39, 0.29) is 0 Å². The molecule has 0 radical (unpaired) electrons. The Morgan fingerprint density at radius 1 is 0.857 bits per heavy atom. The fourth-order valence-electron chi connectivity index (χ4n) is 2.94. The zero-order valence-corrected chi connectivity index (χ0v) is 13.0. The van der Waals surface area contributed by atoms with Gasteiger partial charge in [-0.3, -0.25) is 0 Å². The van der Waals surface area contributed by atoms with Crippen LogP contribution in [0.5, 0.6) is 0 Å². The summed E-state index contributed by atoms with van der Waals surface area (Å²) in [4.78, 5) is 0. The van der Waals surface area contributed by atoms with Crippen LogP contribution in [0.1, 0.15) is 17.7 Å². The van der Waals surface area contributed by atoms with E-state index in [1.54, 1.807) is 0 Å².